The first-order valence-corrected chi connectivity index (χ1v) is 6.06. The van der Waals surface area contributed by atoms with Gasteiger partial charge in [-0.25, -0.2) is 0 Å². The van der Waals surface area contributed by atoms with E-state index in [-0.39, 0.29) is 23.4 Å². The molecule has 4 aliphatic rings. The maximum atomic E-state index is 11.9. The summed E-state index contributed by atoms with van der Waals surface area (Å²) in [6.45, 7) is 0. The Labute approximate surface area is 104 Å². The van der Waals surface area contributed by atoms with Gasteiger partial charge in [-0.15, -0.1) is 0 Å². The van der Waals surface area contributed by atoms with Gasteiger partial charge in [-0.05, 0) is 23.3 Å². The quantitative estimate of drug-likeness (QED) is 0.644. The maximum absolute atomic E-state index is 11.9. The van der Waals surface area contributed by atoms with Crippen LogP contribution < -0.4 is 0 Å². The lowest BCUT2D eigenvalue weighted by atomic mass is 9.68. The predicted molar refractivity (Wildman–Crippen MR) is 67.6 cm³/mol. The molecule has 86 valence electrons. The highest BCUT2D eigenvalue weighted by Crippen LogP contribution is 2.44. The molecular weight excluding hydrogens is 224 g/mol. The Hall–Kier alpha value is -2.22. The molecule has 2 nitrogen and oxygen atoms in total. The fourth-order valence-electron chi connectivity index (χ4n) is 3.09. The van der Waals surface area contributed by atoms with Gasteiger partial charge in [0.2, 0.25) is 0 Å². The molecule has 0 saturated carbocycles. The van der Waals surface area contributed by atoms with E-state index in [1.54, 1.807) is 12.2 Å². The SMILES string of the molecule is O=C1C=C[C@@H]2C=CC3=C4C2=C1C=C[C@H]4C=CC3=O. The third-order valence-corrected chi connectivity index (χ3v) is 3.92. The second kappa shape index (κ2) is 3.16. The van der Waals surface area contributed by atoms with Crippen molar-refractivity contribution >= 4 is 11.6 Å². The monoisotopic (exact) mass is 234 g/mol. The zero-order valence-corrected chi connectivity index (χ0v) is 9.59. The molecule has 0 unspecified atom stereocenters. The van der Waals surface area contributed by atoms with Crippen LogP contribution in [0.2, 0.25) is 0 Å². The highest BCUT2D eigenvalue weighted by Gasteiger charge is 2.35. The van der Waals surface area contributed by atoms with Crippen LogP contribution in [0.15, 0.2) is 70.9 Å². The molecule has 0 spiro atoms. The molecule has 4 rings (SSSR count). The molecule has 4 aliphatic carbocycles. The van der Waals surface area contributed by atoms with Crippen molar-refractivity contribution in [3.05, 3.63) is 70.9 Å². The van der Waals surface area contributed by atoms with Crippen molar-refractivity contribution in [1.82, 2.24) is 0 Å². The smallest absolute Gasteiger partial charge is 0.185 e. The van der Waals surface area contributed by atoms with Crippen LogP contribution >= 0.6 is 0 Å². The number of hydrogen-bond donors (Lipinski definition) is 0. The third kappa shape index (κ3) is 1.07. The van der Waals surface area contributed by atoms with Crippen LogP contribution in [-0.2, 0) is 9.59 Å². The summed E-state index contributed by atoms with van der Waals surface area (Å²) in [5.74, 6) is 0.367. The van der Waals surface area contributed by atoms with E-state index in [4.69, 9.17) is 0 Å². The first-order valence-electron chi connectivity index (χ1n) is 6.06. The number of carbonyl (C=O) groups is 2. The summed E-state index contributed by atoms with van der Waals surface area (Å²) >= 11 is 0. The largest absolute Gasteiger partial charge is 0.289 e. The summed E-state index contributed by atoms with van der Waals surface area (Å²) in [6, 6.07) is 0. The van der Waals surface area contributed by atoms with Crippen LogP contribution in [0.1, 0.15) is 0 Å². The average molecular weight is 234 g/mol. The number of hydrogen-bond acceptors (Lipinski definition) is 2. The molecule has 2 heteroatoms. The molecule has 0 heterocycles. The molecule has 0 aromatic carbocycles. The van der Waals surface area contributed by atoms with Gasteiger partial charge in [-0.2, -0.15) is 0 Å². The third-order valence-electron chi connectivity index (χ3n) is 3.92. The second-order valence-electron chi connectivity index (χ2n) is 4.87. The fourth-order valence-corrected chi connectivity index (χ4v) is 3.09. The standard InChI is InChI=1S/C16H10O2/c17-13-8-4-10-2-6-12-14(18)7-3-9-1-5-11(13)16(10)15(9)12/h1-10H/t9-,10-/m0/s1. The van der Waals surface area contributed by atoms with Crippen LogP contribution in [0.4, 0.5) is 0 Å². The van der Waals surface area contributed by atoms with Crippen molar-refractivity contribution < 1.29 is 9.59 Å². The van der Waals surface area contributed by atoms with Gasteiger partial charge in [0.25, 0.3) is 0 Å². The minimum Gasteiger partial charge on any atom is -0.289 e. The number of allylic oxidation sites excluding steroid dienone is 12. The van der Waals surface area contributed by atoms with Crippen LogP contribution in [0, 0.1) is 11.8 Å². The molecular formula is C16H10O2. The summed E-state index contributed by atoms with van der Waals surface area (Å²) in [4.78, 5) is 23.8. The lowest BCUT2D eigenvalue weighted by molar-refractivity contribution is -0.112. The molecule has 0 N–H and O–H groups in total. The minimum absolute atomic E-state index is 0.0418. The van der Waals surface area contributed by atoms with E-state index in [2.05, 4.69) is 0 Å². The summed E-state index contributed by atoms with van der Waals surface area (Å²) in [7, 11) is 0. The first kappa shape index (κ1) is 9.77. The van der Waals surface area contributed by atoms with E-state index < -0.39 is 0 Å². The van der Waals surface area contributed by atoms with E-state index in [0.29, 0.717) is 0 Å². The van der Waals surface area contributed by atoms with E-state index in [0.717, 1.165) is 22.3 Å². The molecule has 0 radical (unpaired) electrons. The van der Waals surface area contributed by atoms with Crippen molar-refractivity contribution in [2.45, 2.75) is 0 Å². The lowest BCUT2D eigenvalue weighted by Gasteiger charge is -2.34. The van der Waals surface area contributed by atoms with E-state index in [1.807, 2.05) is 36.5 Å². The van der Waals surface area contributed by atoms with E-state index in [9.17, 15) is 9.59 Å². The van der Waals surface area contributed by atoms with Gasteiger partial charge < -0.3 is 0 Å². The van der Waals surface area contributed by atoms with Crippen LogP contribution in [0.25, 0.3) is 0 Å². The Balaban J connectivity index is 2.04. The number of carbonyl (C=O) groups excluding carboxylic acids is 2. The topological polar surface area (TPSA) is 34.1 Å². The summed E-state index contributed by atoms with van der Waals surface area (Å²) in [5.41, 5.74) is 3.56. The summed E-state index contributed by atoms with van der Waals surface area (Å²) < 4.78 is 0. The minimum atomic E-state index is 0.0418. The van der Waals surface area contributed by atoms with Crippen molar-refractivity contribution in [2.24, 2.45) is 11.8 Å². The van der Waals surface area contributed by atoms with Crippen molar-refractivity contribution in [2.75, 3.05) is 0 Å². The molecule has 0 aromatic rings. The normalized spacial score (nSPS) is 31.3. The van der Waals surface area contributed by atoms with Gasteiger partial charge in [-0.1, -0.05) is 36.5 Å². The highest BCUT2D eigenvalue weighted by atomic mass is 16.1. The Morgan fingerprint density at radius 3 is 1.44 bits per heavy atom. The molecule has 2 atom stereocenters. The molecule has 18 heavy (non-hydrogen) atoms. The molecule has 0 aliphatic heterocycles. The number of rotatable bonds is 0. The maximum Gasteiger partial charge on any atom is 0.185 e. The van der Waals surface area contributed by atoms with Crippen LogP contribution in [0.3, 0.4) is 0 Å². The molecule has 0 bridgehead atoms. The zero-order valence-electron chi connectivity index (χ0n) is 9.59. The van der Waals surface area contributed by atoms with E-state index >= 15 is 0 Å². The Kier molecular flexibility index (Phi) is 1.72. The van der Waals surface area contributed by atoms with Crippen LogP contribution in [-0.4, -0.2) is 11.6 Å². The van der Waals surface area contributed by atoms with Gasteiger partial charge in [0.1, 0.15) is 0 Å². The Morgan fingerprint density at radius 1 is 0.611 bits per heavy atom. The second-order valence-corrected chi connectivity index (χ2v) is 4.87. The first-order chi connectivity index (χ1) is 8.75. The molecule has 0 fully saturated rings. The lowest BCUT2D eigenvalue weighted by Crippen LogP contribution is -2.26. The summed E-state index contributed by atoms with van der Waals surface area (Å²) in [6.07, 6.45) is 14.9. The fraction of sp³-hybridized carbons (Fsp3) is 0.125. The average Bonchev–Trinajstić information content (AvgIpc) is 2.40. The zero-order chi connectivity index (χ0) is 12.3. The van der Waals surface area contributed by atoms with Crippen LogP contribution in [0.5, 0.6) is 0 Å². The Morgan fingerprint density at radius 2 is 1.00 bits per heavy atom. The van der Waals surface area contributed by atoms with Crippen molar-refractivity contribution in [1.29, 1.82) is 0 Å². The van der Waals surface area contributed by atoms with Crippen molar-refractivity contribution in [3.8, 4) is 0 Å². The van der Waals surface area contributed by atoms with E-state index in [1.165, 1.54) is 0 Å². The van der Waals surface area contributed by atoms with Gasteiger partial charge in [0.15, 0.2) is 11.6 Å². The predicted octanol–water partition coefficient (Wildman–Crippen LogP) is 2.23. The van der Waals surface area contributed by atoms with Gasteiger partial charge in [-0.3, -0.25) is 9.59 Å². The highest BCUT2D eigenvalue weighted by molar-refractivity contribution is 6.13. The summed E-state index contributed by atoms with van der Waals surface area (Å²) in [5, 5.41) is 0. The van der Waals surface area contributed by atoms with Gasteiger partial charge >= 0.3 is 0 Å². The Bertz CT molecular complexity index is 618. The number of ketones is 2. The van der Waals surface area contributed by atoms with Gasteiger partial charge in [0, 0.05) is 23.0 Å². The molecule has 0 aromatic heterocycles. The van der Waals surface area contributed by atoms with Crippen molar-refractivity contribution in [3.63, 3.8) is 0 Å². The molecule has 0 saturated heterocycles. The molecule has 0 amide bonds. The van der Waals surface area contributed by atoms with Gasteiger partial charge in [0.05, 0.1) is 0 Å².